The number of pyridine rings is 1. The van der Waals surface area contributed by atoms with Crippen molar-refractivity contribution < 1.29 is 4.79 Å². The van der Waals surface area contributed by atoms with Gasteiger partial charge in [-0.05, 0) is 49.7 Å². The van der Waals surface area contributed by atoms with E-state index in [1.165, 1.54) is 5.56 Å². The molecule has 0 bridgehead atoms. The molecule has 0 aliphatic carbocycles. The summed E-state index contributed by atoms with van der Waals surface area (Å²) < 4.78 is 0. The van der Waals surface area contributed by atoms with Crippen molar-refractivity contribution in [3.05, 3.63) is 65.5 Å². The Morgan fingerprint density at radius 3 is 2.50 bits per heavy atom. The molecule has 2 aromatic rings. The molecule has 1 aliphatic heterocycles. The number of hydrogen-bond acceptors (Lipinski definition) is 4. The fraction of sp³-hybridized carbons (Fsp3) is 0.429. The van der Waals surface area contributed by atoms with Crippen molar-refractivity contribution in [2.24, 2.45) is 0 Å². The van der Waals surface area contributed by atoms with Crippen LogP contribution in [-0.4, -0.2) is 60.0 Å². The maximum Gasteiger partial charge on any atom is 0.251 e. The minimum Gasteiger partial charge on any atom is -0.349 e. The average Bonchev–Trinajstić information content (AvgIpc) is 2.65. The predicted molar refractivity (Wildman–Crippen MR) is 104 cm³/mol. The van der Waals surface area contributed by atoms with E-state index in [1.807, 2.05) is 37.4 Å². The number of aromatic nitrogens is 1. The topological polar surface area (TPSA) is 48.5 Å². The molecule has 1 amide bonds. The lowest BCUT2D eigenvalue weighted by Gasteiger charge is -2.32. The fourth-order valence-corrected chi connectivity index (χ4v) is 3.26. The quantitative estimate of drug-likeness (QED) is 0.866. The number of piperazine rings is 1. The van der Waals surface area contributed by atoms with E-state index in [-0.39, 0.29) is 11.9 Å². The first-order chi connectivity index (χ1) is 12.6. The third kappa shape index (κ3) is 5.38. The SMILES string of the molecule is CC(Cc1cccnc1)NC(=O)c1ccc(CN2CCN(C)CC2)cc1. The normalized spacial score (nSPS) is 17.0. The van der Waals surface area contributed by atoms with Crippen LogP contribution in [0.25, 0.3) is 0 Å². The van der Waals surface area contributed by atoms with Crippen LogP contribution in [-0.2, 0) is 13.0 Å². The van der Waals surface area contributed by atoms with E-state index in [4.69, 9.17) is 0 Å². The lowest BCUT2D eigenvalue weighted by molar-refractivity contribution is 0.0940. The second kappa shape index (κ2) is 8.92. The molecule has 0 spiro atoms. The molecule has 0 radical (unpaired) electrons. The van der Waals surface area contributed by atoms with Gasteiger partial charge in [-0.2, -0.15) is 0 Å². The second-order valence-corrected chi connectivity index (χ2v) is 7.22. The first-order valence-electron chi connectivity index (χ1n) is 9.30. The molecule has 1 saturated heterocycles. The third-order valence-electron chi connectivity index (χ3n) is 4.86. The van der Waals surface area contributed by atoms with E-state index in [1.54, 1.807) is 6.20 Å². The van der Waals surface area contributed by atoms with Crippen molar-refractivity contribution in [1.29, 1.82) is 0 Å². The summed E-state index contributed by atoms with van der Waals surface area (Å²) in [5.74, 6) is -0.0208. The largest absolute Gasteiger partial charge is 0.349 e. The average molecular weight is 352 g/mol. The molecule has 5 nitrogen and oxygen atoms in total. The molecule has 0 saturated carbocycles. The van der Waals surface area contributed by atoms with Crippen molar-refractivity contribution in [1.82, 2.24) is 20.1 Å². The number of carbonyl (C=O) groups is 1. The van der Waals surface area contributed by atoms with Gasteiger partial charge in [-0.3, -0.25) is 14.7 Å². The molecule has 1 aromatic carbocycles. The predicted octanol–water partition coefficient (Wildman–Crippen LogP) is 2.19. The van der Waals surface area contributed by atoms with Crippen LogP contribution >= 0.6 is 0 Å². The molecule has 1 atom stereocenters. The summed E-state index contributed by atoms with van der Waals surface area (Å²) in [6.45, 7) is 7.42. The fourth-order valence-electron chi connectivity index (χ4n) is 3.26. The van der Waals surface area contributed by atoms with Crippen molar-refractivity contribution in [3.8, 4) is 0 Å². The number of nitrogens with one attached hydrogen (secondary N) is 1. The van der Waals surface area contributed by atoms with Gasteiger partial charge < -0.3 is 10.2 Å². The van der Waals surface area contributed by atoms with Crippen molar-refractivity contribution >= 4 is 5.91 Å². The Bertz CT molecular complexity index is 694. The van der Waals surface area contributed by atoms with E-state index in [2.05, 4.69) is 39.3 Å². The maximum absolute atomic E-state index is 12.4. The first kappa shape index (κ1) is 18.5. The molecular weight excluding hydrogens is 324 g/mol. The zero-order chi connectivity index (χ0) is 18.4. The summed E-state index contributed by atoms with van der Waals surface area (Å²) >= 11 is 0. The van der Waals surface area contributed by atoms with E-state index in [0.717, 1.165) is 44.7 Å². The molecule has 1 aliphatic rings. The van der Waals surface area contributed by atoms with Crippen LogP contribution in [0.4, 0.5) is 0 Å². The van der Waals surface area contributed by atoms with E-state index < -0.39 is 0 Å². The van der Waals surface area contributed by atoms with Gasteiger partial charge in [0.05, 0.1) is 0 Å². The van der Waals surface area contributed by atoms with Crippen molar-refractivity contribution in [2.45, 2.75) is 25.9 Å². The number of amides is 1. The lowest BCUT2D eigenvalue weighted by atomic mass is 10.1. The Hall–Kier alpha value is -2.24. The second-order valence-electron chi connectivity index (χ2n) is 7.22. The highest BCUT2D eigenvalue weighted by molar-refractivity contribution is 5.94. The molecule has 1 N–H and O–H groups in total. The van der Waals surface area contributed by atoms with Gasteiger partial charge in [-0.1, -0.05) is 18.2 Å². The van der Waals surface area contributed by atoms with Crippen molar-refractivity contribution in [3.63, 3.8) is 0 Å². The summed E-state index contributed by atoms with van der Waals surface area (Å²) in [7, 11) is 2.17. The zero-order valence-electron chi connectivity index (χ0n) is 15.7. The molecule has 3 rings (SSSR count). The minimum absolute atomic E-state index is 0.0208. The van der Waals surface area contributed by atoms with E-state index in [9.17, 15) is 4.79 Å². The van der Waals surface area contributed by atoms with Crippen LogP contribution in [0.3, 0.4) is 0 Å². The summed E-state index contributed by atoms with van der Waals surface area (Å²) in [4.78, 5) is 21.4. The number of hydrogen-bond donors (Lipinski definition) is 1. The van der Waals surface area contributed by atoms with Gasteiger partial charge in [0.2, 0.25) is 0 Å². The Labute approximate surface area is 156 Å². The monoisotopic (exact) mass is 352 g/mol. The molecule has 138 valence electrons. The Balaban J connectivity index is 1.50. The van der Waals surface area contributed by atoms with Crippen molar-refractivity contribution in [2.75, 3.05) is 33.2 Å². The molecule has 1 aromatic heterocycles. The van der Waals surface area contributed by atoms with Crippen LogP contribution in [0, 0.1) is 0 Å². The van der Waals surface area contributed by atoms with Crippen LogP contribution in [0.2, 0.25) is 0 Å². The van der Waals surface area contributed by atoms with Gasteiger partial charge in [0.1, 0.15) is 0 Å². The Kier molecular flexibility index (Phi) is 6.36. The highest BCUT2D eigenvalue weighted by Crippen LogP contribution is 2.10. The molecule has 5 heteroatoms. The number of nitrogens with zero attached hydrogens (tertiary/aromatic N) is 3. The number of carbonyl (C=O) groups excluding carboxylic acids is 1. The van der Waals surface area contributed by atoms with Crippen LogP contribution < -0.4 is 5.32 Å². The maximum atomic E-state index is 12.4. The summed E-state index contributed by atoms with van der Waals surface area (Å²) in [5, 5.41) is 3.07. The third-order valence-corrected chi connectivity index (χ3v) is 4.86. The van der Waals surface area contributed by atoms with Gasteiger partial charge in [0.15, 0.2) is 0 Å². The summed E-state index contributed by atoms with van der Waals surface area (Å²) in [6.07, 6.45) is 4.38. The molecule has 26 heavy (non-hydrogen) atoms. The van der Waals surface area contributed by atoms with Gasteiger partial charge in [0.25, 0.3) is 5.91 Å². The van der Waals surface area contributed by atoms with Gasteiger partial charge >= 0.3 is 0 Å². The van der Waals surface area contributed by atoms with E-state index in [0.29, 0.717) is 5.56 Å². The first-order valence-corrected chi connectivity index (χ1v) is 9.30. The smallest absolute Gasteiger partial charge is 0.251 e. The van der Waals surface area contributed by atoms with Gasteiger partial charge in [0, 0.05) is 56.7 Å². The lowest BCUT2D eigenvalue weighted by Crippen LogP contribution is -2.43. The van der Waals surface area contributed by atoms with E-state index >= 15 is 0 Å². The van der Waals surface area contributed by atoms with Crippen LogP contribution in [0.15, 0.2) is 48.8 Å². The zero-order valence-corrected chi connectivity index (χ0v) is 15.7. The van der Waals surface area contributed by atoms with Gasteiger partial charge in [-0.15, -0.1) is 0 Å². The molecule has 2 heterocycles. The standard InChI is InChI=1S/C21H28N4O/c1-17(14-19-4-3-9-22-15-19)23-21(26)20-7-5-18(6-8-20)16-25-12-10-24(2)11-13-25/h3-9,15,17H,10-14,16H2,1-2H3,(H,23,26). The molecule has 1 unspecified atom stereocenters. The highest BCUT2D eigenvalue weighted by atomic mass is 16.1. The number of likely N-dealkylation sites (N-methyl/N-ethyl adjacent to an activating group) is 1. The Morgan fingerprint density at radius 2 is 1.85 bits per heavy atom. The highest BCUT2D eigenvalue weighted by Gasteiger charge is 2.14. The number of benzene rings is 1. The summed E-state index contributed by atoms with van der Waals surface area (Å²) in [6, 6.07) is 12.0. The van der Waals surface area contributed by atoms with Crippen LogP contribution in [0.1, 0.15) is 28.4 Å². The number of rotatable bonds is 6. The van der Waals surface area contributed by atoms with Gasteiger partial charge in [-0.25, -0.2) is 0 Å². The molecule has 1 fully saturated rings. The van der Waals surface area contributed by atoms with Crippen LogP contribution in [0.5, 0.6) is 0 Å². The minimum atomic E-state index is -0.0208. The molecular formula is C21H28N4O. The Morgan fingerprint density at radius 1 is 1.12 bits per heavy atom. The summed E-state index contributed by atoms with van der Waals surface area (Å²) in [5.41, 5.74) is 3.10.